The van der Waals surface area contributed by atoms with Crippen molar-refractivity contribution in [2.75, 3.05) is 13.2 Å². The Balaban J connectivity index is 1.84. The van der Waals surface area contributed by atoms with E-state index in [0.29, 0.717) is 31.5 Å². The Hall–Kier alpha value is -1.87. The zero-order valence-corrected chi connectivity index (χ0v) is 17.7. The van der Waals surface area contributed by atoms with Gasteiger partial charge in [0, 0.05) is 0 Å². The topological polar surface area (TPSA) is 38.8 Å². The lowest BCUT2D eigenvalue weighted by Crippen LogP contribution is -2.29. The molecule has 0 aromatic heterocycles. The monoisotopic (exact) mass is 384 g/mol. The average Bonchev–Trinajstić information content (AvgIpc) is 3.55. The van der Waals surface area contributed by atoms with Gasteiger partial charge in [0.1, 0.15) is 12.7 Å². The summed E-state index contributed by atoms with van der Waals surface area (Å²) in [5.74, 6) is 0.917. The Morgan fingerprint density at radius 2 is 2.07 bits per heavy atom. The van der Waals surface area contributed by atoms with Gasteiger partial charge in [-0.15, -0.1) is 6.58 Å². The molecule has 0 radical (unpaired) electrons. The van der Waals surface area contributed by atoms with Crippen molar-refractivity contribution in [1.29, 1.82) is 0 Å². The number of allylic oxidation sites excluding steroid dienone is 3. The second-order valence-corrected chi connectivity index (χ2v) is 8.28. The molecule has 0 spiro atoms. The van der Waals surface area contributed by atoms with Gasteiger partial charge in [0.05, 0.1) is 12.0 Å². The van der Waals surface area contributed by atoms with E-state index in [0.717, 1.165) is 25.7 Å². The predicted molar refractivity (Wildman–Crippen MR) is 115 cm³/mol. The molecule has 1 fully saturated rings. The summed E-state index contributed by atoms with van der Waals surface area (Å²) in [5.41, 5.74) is 0.940. The molecule has 0 saturated carbocycles. The highest BCUT2D eigenvalue weighted by molar-refractivity contribution is 5.76. The van der Waals surface area contributed by atoms with Gasteiger partial charge in [0.15, 0.2) is 0 Å². The largest absolute Gasteiger partial charge is 0.462 e. The third-order valence-electron chi connectivity index (χ3n) is 5.82. The van der Waals surface area contributed by atoms with Crippen LogP contribution in [0.15, 0.2) is 55.1 Å². The third kappa shape index (κ3) is 7.27. The van der Waals surface area contributed by atoms with E-state index in [4.69, 9.17) is 9.47 Å². The highest BCUT2D eigenvalue weighted by atomic mass is 16.6. The summed E-state index contributed by atoms with van der Waals surface area (Å²) < 4.78 is 10.5. The summed E-state index contributed by atoms with van der Waals surface area (Å²) in [5, 5.41) is 0. The Labute approximate surface area is 170 Å². The second-order valence-electron chi connectivity index (χ2n) is 8.28. The first-order valence-corrected chi connectivity index (χ1v) is 10.6. The van der Waals surface area contributed by atoms with Gasteiger partial charge in [-0.2, -0.15) is 0 Å². The van der Waals surface area contributed by atoms with Crippen molar-refractivity contribution >= 4 is 5.97 Å². The Bertz CT molecular complexity index is 632. The number of epoxide rings is 1. The van der Waals surface area contributed by atoms with Gasteiger partial charge < -0.3 is 9.47 Å². The van der Waals surface area contributed by atoms with Crippen LogP contribution in [0.4, 0.5) is 0 Å². The summed E-state index contributed by atoms with van der Waals surface area (Å²) in [4.78, 5) is 12.4. The molecule has 28 heavy (non-hydrogen) atoms. The van der Waals surface area contributed by atoms with Crippen molar-refractivity contribution in [3.63, 3.8) is 0 Å². The normalized spacial score (nSPS) is 20.3. The molecule has 0 N–H and O–H groups in total. The highest BCUT2D eigenvalue weighted by Crippen LogP contribution is 2.31. The molecule has 1 aromatic rings. The highest BCUT2D eigenvalue weighted by Gasteiger charge is 2.33. The zero-order chi connectivity index (χ0) is 20.4. The van der Waals surface area contributed by atoms with Crippen LogP contribution in [0, 0.1) is 11.3 Å². The lowest BCUT2D eigenvalue weighted by molar-refractivity contribution is -0.155. The number of benzene rings is 1. The van der Waals surface area contributed by atoms with E-state index in [9.17, 15) is 4.79 Å². The van der Waals surface area contributed by atoms with Gasteiger partial charge in [-0.1, -0.05) is 62.4 Å². The predicted octanol–water partition coefficient (Wildman–Crippen LogP) is 6.07. The number of hydrogen-bond acceptors (Lipinski definition) is 3. The van der Waals surface area contributed by atoms with Crippen molar-refractivity contribution < 1.29 is 14.3 Å². The maximum absolute atomic E-state index is 12.4. The van der Waals surface area contributed by atoms with E-state index in [1.807, 2.05) is 19.9 Å². The van der Waals surface area contributed by atoms with E-state index in [2.05, 4.69) is 56.0 Å². The van der Waals surface area contributed by atoms with E-state index >= 15 is 0 Å². The molecule has 3 nitrogen and oxygen atoms in total. The van der Waals surface area contributed by atoms with Crippen molar-refractivity contribution in [2.45, 2.75) is 64.9 Å². The van der Waals surface area contributed by atoms with Crippen molar-refractivity contribution in [3.8, 4) is 0 Å². The molecule has 4 unspecified atom stereocenters. The lowest BCUT2D eigenvalue weighted by atomic mass is 9.83. The maximum Gasteiger partial charge on any atom is 0.312 e. The molecular formula is C25H36O3. The van der Waals surface area contributed by atoms with Crippen LogP contribution in [0.5, 0.6) is 0 Å². The first-order chi connectivity index (χ1) is 13.5. The fourth-order valence-electron chi connectivity index (χ4n) is 3.33. The van der Waals surface area contributed by atoms with E-state index in [1.54, 1.807) is 0 Å². The molecular weight excluding hydrogens is 348 g/mol. The number of esters is 1. The van der Waals surface area contributed by atoms with Gasteiger partial charge >= 0.3 is 5.97 Å². The van der Waals surface area contributed by atoms with Crippen molar-refractivity contribution in [1.82, 2.24) is 0 Å². The summed E-state index contributed by atoms with van der Waals surface area (Å²) in [6.07, 6.45) is 11.2. The number of hydrogen-bond donors (Lipinski definition) is 0. The van der Waals surface area contributed by atoms with Gasteiger partial charge in [0.2, 0.25) is 0 Å². The number of rotatable bonds is 13. The molecule has 0 aliphatic carbocycles. The van der Waals surface area contributed by atoms with E-state index < -0.39 is 5.41 Å². The van der Waals surface area contributed by atoms with Crippen LogP contribution >= 0.6 is 0 Å². The number of ether oxygens (including phenoxy) is 2. The van der Waals surface area contributed by atoms with Gasteiger partial charge in [-0.3, -0.25) is 4.79 Å². The number of carbonyl (C=O) groups is 1. The molecule has 2 rings (SSSR count). The van der Waals surface area contributed by atoms with Crippen LogP contribution in [0.3, 0.4) is 0 Å². The summed E-state index contributed by atoms with van der Waals surface area (Å²) in [6.45, 7) is 11.3. The van der Waals surface area contributed by atoms with Crippen molar-refractivity contribution in [3.05, 3.63) is 60.7 Å². The fraction of sp³-hybridized carbons (Fsp3) is 0.560. The average molecular weight is 385 g/mol. The molecule has 1 aromatic carbocycles. The molecule has 0 bridgehead atoms. The van der Waals surface area contributed by atoms with Crippen LogP contribution in [0.2, 0.25) is 0 Å². The Morgan fingerprint density at radius 3 is 2.68 bits per heavy atom. The summed E-state index contributed by atoms with van der Waals surface area (Å²) >= 11 is 0. The zero-order valence-electron chi connectivity index (χ0n) is 17.7. The molecule has 1 saturated heterocycles. The molecule has 1 heterocycles. The van der Waals surface area contributed by atoms with Crippen LogP contribution in [0.25, 0.3) is 0 Å². The summed E-state index contributed by atoms with van der Waals surface area (Å²) in [7, 11) is 0. The number of carbonyl (C=O) groups excluding carboxylic acids is 1. The SMILES string of the molecule is C=CC(C)CC(CC/C=C\CC(C)(CC)C(=O)OCC1CO1)c1ccccc1. The molecule has 0 amide bonds. The first kappa shape index (κ1) is 22.4. The Kier molecular flexibility index (Phi) is 8.98. The molecule has 4 atom stereocenters. The molecule has 154 valence electrons. The minimum Gasteiger partial charge on any atom is -0.462 e. The fourth-order valence-corrected chi connectivity index (χ4v) is 3.33. The first-order valence-electron chi connectivity index (χ1n) is 10.6. The van der Waals surface area contributed by atoms with Crippen LogP contribution in [0.1, 0.15) is 64.4 Å². The van der Waals surface area contributed by atoms with Crippen LogP contribution in [-0.4, -0.2) is 25.3 Å². The molecule has 3 heteroatoms. The second kappa shape index (κ2) is 11.2. The van der Waals surface area contributed by atoms with Gasteiger partial charge in [-0.05, 0) is 56.4 Å². The van der Waals surface area contributed by atoms with E-state index in [1.165, 1.54) is 5.56 Å². The van der Waals surface area contributed by atoms with Gasteiger partial charge in [0.25, 0.3) is 0 Å². The standard InChI is InChI=1S/C25H36O3/c1-5-20(3)17-22(21-13-9-7-10-14-21)15-11-8-12-16-25(4,6-2)24(26)28-19-23-18-27-23/h5,7-10,12-14,20,22-23H,1,6,11,15-19H2,2-4H3/b12-8-. The third-order valence-corrected chi connectivity index (χ3v) is 5.82. The minimum absolute atomic E-state index is 0.114. The maximum atomic E-state index is 12.4. The summed E-state index contributed by atoms with van der Waals surface area (Å²) in [6, 6.07) is 10.7. The Morgan fingerprint density at radius 1 is 1.36 bits per heavy atom. The van der Waals surface area contributed by atoms with Crippen molar-refractivity contribution in [2.24, 2.45) is 11.3 Å². The van der Waals surface area contributed by atoms with Crippen LogP contribution in [-0.2, 0) is 14.3 Å². The smallest absolute Gasteiger partial charge is 0.312 e. The molecule has 1 aliphatic rings. The van der Waals surface area contributed by atoms with Crippen LogP contribution < -0.4 is 0 Å². The van der Waals surface area contributed by atoms with E-state index in [-0.39, 0.29) is 12.1 Å². The molecule has 1 aliphatic heterocycles. The van der Waals surface area contributed by atoms with Gasteiger partial charge in [-0.25, -0.2) is 0 Å². The quantitative estimate of drug-likeness (QED) is 0.235. The minimum atomic E-state index is -0.457. The lowest BCUT2D eigenvalue weighted by Gasteiger charge is -2.24.